The van der Waals surface area contributed by atoms with Crippen molar-refractivity contribution in [1.29, 1.82) is 0 Å². The zero-order chi connectivity index (χ0) is 20.9. The number of nitrogens with zero attached hydrogens (tertiary/aromatic N) is 2. The minimum Gasteiger partial charge on any atom is -0.352 e. The van der Waals surface area contributed by atoms with E-state index in [-0.39, 0.29) is 5.91 Å². The SMILES string of the molecule is Cc1ccc(C(=O)NCCCc2nc3ccccc3n2Cc2ccc(Br)cc2)cc1. The van der Waals surface area contributed by atoms with Crippen molar-refractivity contribution in [1.82, 2.24) is 14.9 Å². The van der Waals surface area contributed by atoms with Gasteiger partial charge in [-0.05, 0) is 55.3 Å². The first-order valence-electron chi connectivity index (χ1n) is 10.1. The number of carbonyl (C=O) groups is 1. The molecule has 0 saturated heterocycles. The van der Waals surface area contributed by atoms with Gasteiger partial charge in [0.2, 0.25) is 0 Å². The van der Waals surface area contributed by atoms with E-state index in [1.165, 1.54) is 5.56 Å². The van der Waals surface area contributed by atoms with E-state index in [2.05, 4.69) is 62.2 Å². The molecule has 0 bridgehead atoms. The van der Waals surface area contributed by atoms with Crippen molar-refractivity contribution in [3.8, 4) is 0 Å². The summed E-state index contributed by atoms with van der Waals surface area (Å²) in [7, 11) is 0. The van der Waals surface area contributed by atoms with Gasteiger partial charge in [0.25, 0.3) is 5.91 Å². The van der Waals surface area contributed by atoms with Crippen LogP contribution in [0.4, 0.5) is 0 Å². The van der Waals surface area contributed by atoms with E-state index >= 15 is 0 Å². The Morgan fingerprint density at radius 2 is 1.73 bits per heavy atom. The largest absolute Gasteiger partial charge is 0.352 e. The van der Waals surface area contributed by atoms with Crippen molar-refractivity contribution < 1.29 is 4.79 Å². The van der Waals surface area contributed by atoms with Crippen molar-refractivity contribution in [3.63, 3.8) is 0 Å². The average Bonchev–Trinajstić information content (AvgIpc) is 3.10. The van der Waals surface area contributed by atoms with Gasteiger partial charge in [-0.1, -0.05) is 57.9 Å². The highest BCUT2D eigenvalue weighted by Gasteiger charge is 2.11. The molecule has 0 unspecified atom stereocenters. The molecular formula is C25H24BrN3O. The fourth-order valence-electron chi connectivity index (χ4n) is 3.52. The van der Waals surface area contributed by atoms with Gasteiger partial charge < -0.3 is 9.88 Å². The van der Waals surface area contributed by atoms with Crippen LogP contribution in [0.25, 0.3) is 11.0 Å². The maximum Gasteiger partial charge on any atom is 0.251 e. The fourth-order valence-corrected chi connectivity index (χ4v) is 3.78. The standard InChI is InChI=1S/C25H24BrN3O/c1-18-8-12-20(13-9-18)25(30)27-16-4-7-24-28-22-5-2-3-6-23(22)29(24)17-19-10-14-21(26)15-11-19/h2-3,5-6,8-15H,4,7,16-17H2,1H3,(H,27,30). The molecule has 1 amide bonds. The van der Waals surface area contributed by atoms with Gasteiger partial charge in [0, 0.05) is 29.5 Å². The topological polar surface area (TPSA) is 46.9 Å². The molecule has 0 aliphatic heterocycles. The molecule has 5 heteroatoms. The normalized spacial score (nSPS) is 11.0. The first-order valence-corrected chi connectivity index (χ1v) is 10.9. The Balaban J connectivity index is 1.43. The average molecular weight is 462 g/mol. The number of carbonyl (C=O) groups excluding carboxylic acids is 1. The lowest BCUT2D eigenvalue weighted by molar-refractivity contribution is 0.0953. The molecule has 30 heavy (non-hydrogen) atoms. The van der Waals surface area contributed by atoms with Crippen LogP contribution in [0.2, 0.25) is 0 Å². The maximum atomic E-state index is 12.3. The van der Waals surface area contributed by atoms with Crippen molar-refractivity contribution >= 4 is 32.9 Å². The number of hydrogen-bond acceptors (Lipinski definition) is 2. The molecule has 1 heterocycles. The Hall–Kier alpha value is -2.92. The highest BCUT2D eigenvalue weighted by atomic mass is 79.9. The molecule has 4 aromatic rings. The molecule has 0 fully saturated rings. The molecule has 0 atom stereocenters. The Bertz CT molecular complexity index is 1150. The summed E-state index contributed by atoms with van der Waals surface area (Å²) in [5.74, 6) is 1.02. The predicted molar refractivity (Wildman–Crippen MR) is 125 cm³/mol. The number of benzene rings is 3. The van der Waals surface area contributed by atoms with E-state index in [9.17, 15) is 4.79 Å². The number of para-hydroxylation sites is 2. The van der Waals surface area contributed by atoms with Crippen LogP contribution in [0, 0.1) is 6.92 Å². The van der Waals surface area contributed by atoms with E-state index in [1.54, 1.807) is 0 Å². The molecule has 0 aliphatic carbocycles. The Morgan fingerprint density at radius 1 is 1.00 bits per heavy atom. The number of fused-ring (bicyclic) bond motifs is 1. The van der Waals surface area contributed by atoms with Gasteiger partial charge in [-0.25, -0.2) is 4.98 Å². The second kappa shape index (κ2) is 9.26. The molecule has 0 radical (unpaired) electrons. The van der Waals surface area contributed by atoms with Gasteiger partial charge in [0.15, 0.2) is 0 Å². The Kier molecular flexibility index (Phi) is 6.29. The molecule has 0 aliphatic rings. The Morgan fingerprint density at radius 3 is 2.50 bits per heavy atom. The lowest BCUT2D eigenvalue weighted by Crippen LogP contribution is -2.25. The number of amides is 1. The number of nitrogens with one attached hydrogen (secondary N) is 1. The third-order valence-corrected chi connectivity index (χ3v) is 5.69. The minimum absolute atomic E-state index is 0.0293. The van der Waals surface area contributed by atoms with Crippen molar-refractivity contribution in [2.75, 3.05) is 6.54 Å². The third-order valence-electron chi connectivity index (χ3n) is 5.16. The highest BCUT2D eigenvalue weighted by molar-refractivity contribution is 9.10. The summed E-state index contributed by atoms with van der Waals surface area (Å²) in [5.41, 5.74) is 5.22. The summed E-state index contributed by atoms with van der Waals surface area (Å²) < 4.78 is 3.35. The van der Waals surface area contributed by atoms with Crippen LogP contribution < -0.4 is 5.32 Å². The third kappa shape index (κ3) is 4.79. The molecule has 1 N–H and O–H groups in total. The molecule has 0 saturated carbocycles. The van der Waals surface area contributed by atoms with E-state index < -0.39 is 0 Å². The van der Waals surface area contributed by atoms with E-state index in [4.69, 9.17) is 4.98 Å². The highest BCUT2D eigenvalue weighted by Crippen LogP contribution is 2.20. The lowest BCUT2D eigenvalue weighted by atomic mass is 10.1. The summed E-state index contributed by atoms with van der Waals surface area (Å²) in [6, 6.07) is 24.3. The number of rotatable bonds is 7. The van der Waals surface area contributed by atoms with Gasteiger partial charge in [0.05, 0.1) is 11.0 Å². The molecule has 4 nitrogen and oxygen atoms in total. The Labute approximate surface area is 185 Å². The smallest absolute Gasteiger partial charge is 0.251 e. The zero-order valence-corrected chi connectivity index (χ0v) is 18.5. The number of aromatic nitrogens is 2. The number of hydrogen-bond donors (Lipinski definition) is 1. The van der Waals surface area contributed by atoms with Crippen LogP contribution in [-0.2, 0) is 13.0 Å². The van der Waals surface area contributed by atoms with Crippen molar-refractivity contribution in [2.45, 2.75) is 26.3 Å². The van der Waals surface area contributed by atoms with Gasteiger partial charge >= 0.3 is 0 Å². The summed E-state index contributed by atoms with van der Waals surface area (Å²) in [5, 5.41) is 3.02. The van der Waals surface area contributed by atoms with Crippen molar-refractivity contribution in [2.24, 2.45) is 0 Å². The van der Waals surface area contributed by atoms with Crippen LogP contribution in [0.15, 0.2) is 77.3 Å². The molecule has 0 spiro atoms. The van der Waals surface area contributed by atoms with E-state index in [0.29, 0.717) is 12.1 Å². The molecule has 3 aromatic carbocycles. The summed E-state index contributed by atoms with van der Waals surface area (Å²) in [6.45, 7) is 3.41. The van der Waals surface area contributed by atoms with Gasteiger partial charge in [0.1, 0.15) is 5.82 Å². The monoisotopic (exact) mass is 461 g/mol. The summed E-state index contributed by atoms with van der Waals surface area (Å²) in [6.07, 6.45) is 1.64. The molecule has 1 aromatic heterocycles. The lowest BCUT2D eigenvalue weighted by Gasteiger charge is -2.10. The number of aryl methyl sites for hydroxylation is 2. The van der Waals surface area contributed by atoms with Crippen LogP contribution >= 0.6 is 15.9 Å². The minimum atomic E-state index is -0.0293. The van der Waals surface area contributed by atoms with Crippen LogP contribution in [-0.4, -0.2) is 22.0 Å². The van der Waals surface area contributed by atoms with E-state index in [0.717, 1.165) is 46.3 Å². The molecule has 4 rings (SSSR count). The molecule has 152 valence electrons. The summed E-state index contributed by atoms with van der Waals surface area (Å²) >= 11 is 3.50. The number of imidazole rings is 1. The first kappa shape index (κ1) is 20.4. The van der Waals surface area contributed by atoms with Gasteiger partial charge in [-0.15, -0.1) is 0 Å². The van der Waals surface area contributed by atoms with Crippen LogP contribution in [0.3, 0.4) is 0 Å². The van der Waals surface area contributed by atoms with Crippen LogP contribution in [0.5, 0.6) is 0 Å². The first-order chi connectivity index (χ1) is 14.6. The molecular weight excluding hydrogens is 438 g/mol. The second-order valence-corrected chi connectivity index (χ2v) is 8.37. The fraction of sp³-hybridized carbons (Fsp3) is 0.200. The quantitative estimate of drug-likeness (QED) is 0.368. The summed E-state index contributed by atoms with van der Waals surface area (Å²) in [4.78, 5) is 17.2. The zero-order valence-electron chi connectivity index (χ0n) is 16.9. The van der Waals surface area contributed by atoms with Crippen molar-refractivity contribution in [3.05, 3.63) is 99.8 Å². The van der Waals surface area contributed by atoms with Crippen LogP contribution in [0.1, 0.15) is 33.7 Å². The second-order valence-electron chi connectivity index (χ2n) is 7.45. The van der Waals surface area contributed by atoms with Gasteiger partial charge in [-0.2, -0.15) is 0 Å². The predicted octanol–water partition coefficient (Wildman–Crippen LogP) is 5.52. The number of halogens is 1. The van der Waals surface area contributed by atoms with Gasteiger partial charge in [-0.3, -0.25) is 4.79 Å². The maximum absolute atomic E-state index is 12.3. The van der Waals surface area contributed by atoms with E-state index in [1.807, 2.05) is 43.3 Å².